The Morgan fingerprint density at radius 2 is 2.60 bits per heavy atom. The normalized spacial score (nSPS) is 45.9. The van der Waals surface area contributed by atoms with Gasteiger partial charge in [-0.05, 0) is 6.42 Å². The molecule has 1 spiro atoms. The molecule has 0 amide bonds. The first-order valence-electron chi connectivity index (χ1n) is 3.73. The first-order chi connectivity index (χ1) is 4.87. The predicted octanol–water partition coefficient (Wildman–Crippen LogP) is -0.236. The van der Waals surface area contributed by atoms with E-state index >= 15 is 0 Å². The van der Waals surface area contributed by atoms with Crippen molar-refractivity contribution < 1.29 is 9.47 Å². The third kappa shape index (κ3) is 0.856. The third-order valence-corrected chi connectivity index (χ3v) is 2.37. The first kappa shape index (κ1) is 6.58. The SMILES string of the molecule is COC1C[C@@]12COCCN2. The maximum Gasteiger partial charge on any atom is 0.0795 e. The molecule has 58 valence electrons. The topological polar surface area (TPSA) is 30.5 Å². The van der Waals surface area contributed by atoms with Crippen molar-refractivity contribution in [1.82, 2.24) is 5.32 Å². The summed E-state index contributed by atoms with van der Waals surface area (Å²) in [4.78, 5) is 0. The highest BCUT2D eigenvalue weighted by atomic mass is 16.5. The maximum absolute atomic E-state index is 5.34. The van der Waals surface area contributed by atoms with Gasteiger partial charge < -0.3 is 14.8 Å². The monoisotopic (exact) mass is 143 g/mol. The van der Waals surface area contributed by atoms with Crippen LogP contribution in [0.25, 0.3) is 0 Å². The molecule has 1 heterocycles. The van der Waals surface area contributed by atoms with Gasteiger partial charge in [-0.3, -0.25) is 0 Å². The molecule has 1 N–H and O–H groups in total. The van der Waals surface area contributed by atoms with E-state index in [-0.39, 0.29) is 5.54 Å². The molecule has 10 heavy (non-hydrogen) atoms. The number of hydrogen-bond donors (Lipinski definition) is 1. The van der Waals surface area contributed by atoms with E-state index in [4.69, 9.17) is 9.47 Å². The largest absolute Gasteiger partial charge is 0.379 e. The lowest BCUT2D eigenvalue weighted by molar-refractivity contribution is 0.0400. The van der Waals surface area contributed by atoms with Crippen LogP contribution in [0.3, 0.4) is 0 Å². The molecule has 2 atom stereocenters. The molecule has 2 aliphatic rings. The molecule has 2 rings (SSSR count). The summed E-state index contributed by atoms with van der Waals surface area (Å²) in [5.74, 6) is 0. The highest BCUT2D eigenvalue weighted by Gasteiger charge is 2.55. The zero-order valence-corrected chi connectivity index (χ0v) is 6.22. The zero-order chi connectivity index (χ0) is 7.03. The molecule has 1 unspecified atom stereocenters. The summed E-state index contributed by atoms with van der Waals surface area (Å²) in [6.45, 7) is 2.64. The van der Waals surface area contributed by atoms with Crippen LogP contribution in [0.1, 0.15) is 6.42 Å². The summed E-state index contributed by atoms with van der Waals surface area (Å²) >= 11 is 0. The smallest absolute Gasteiger partial charge is 0.0795 e. The lowest BCUT2D eigenvalue weighted by Crippen LogP contribution is -2.46. The molecule has 3 heteroatoms. The van der Waals surface area contributed by atoms with Crippen LogP contribution in [0.5, 0.6) is 0 Å². The van der Waals surface area contributed by atoms with E-state index in [1.165, 1.54) is 0 Å². The number of morpholine rings is 1. The highest BCUT2D eigenvalue weighted by Crippen LogP contribution is 2.39. The van der Waals surface area contributed by atoms with Gasteiger partial charge in [0, 0.05) is 13.7 Å². The minimum atomic E-state index is 0.201. The van der Waals surface area contributed by atoms with Crippen molar-refractivity contribution in [2.45, 2.75) is 18.1 Å². The van der Waals surface area contributed by atoms with E-state index < -0.39 is 0 Å². The number of ether oxygens (including phenoxy) is 2. The lowest BCUT2D eigenvalue weighted by atomic mass is 10.2. The van der Waals surface area contributed by atoms with Crippen LogP contribution in [0.15, 0.2) is 0 Å². The molecule has 0 radical (unpaired) electrons. The average molecular weight is 143 g/mol. The number of rotatable bonds is 1. The molecule has 0 aromatic rings. The van der Waals surface area contributed by atoms with Gasteiger partial charge in [0.15, 0.2) is 0 Å². The molecular weight excluding hydrogens is 130 g/mol. The number of nitrogens with one attached hydrogen (secondary N) is 1. The standard InChI is InChI=1S/C7H13NO2/c1-9-6-4-7(6)5-10-3-2-8-7/h6,8H,2-5H2,1H3/t6?,7-/m1/s1. The molecule has 1 saturated carbocycles. The Labute approximate surface area is 60.7 Å². The Morgan fingerprint density at radius 3 is 3.10 bits per heavy atom. The van der Waals surface area contributed by atoms with E-state index in [0.29, 0.717) is 6.10 Å². The third-order valence-electron chi connectivity index (χ3n) is 2.37. The molecule has 0 bridgehead atoms. The Bertz CT molecular complexity index is 132. The second kappa shape index (κ2) is 2.19. The Balaban J connectivity index is 1.92. The molecular formula is C7H13NO2. The van der Waals surface area contributed by atoms with Crippen molar-refractivity contribution in [2.24, 2.45) is 0 Å². The van der Waals surface area contributed by atoms with Gasteiger partial charge in [0.05, 0.1) is 24.9 Å². The van der Waals surface area contributed by atoms with E-state index in [9.17, 15) is 0 Å². The maximum atomic E-state index is 5.34. The van der Waals surface area contributed by atoms with Crippen LogP contribution in [0.4, 0.5) is 0 Å². The van der Waals surface area contributed by atoms with Gasteiger partial charge in [0.25, 0.3) is 0 Å². The van der Waals surface area contributed by atoms with Crippen molar-refractivity contribution in [3.63, 3.8) is 0 Å². The van der Waals surface area contributed by atoms with Crippen LogP contribution in [-0.4, -0.2) is 38.5 Å². The van der Waals surface area contributed by atoms with Crippen LogP contribution >= 0.6 is 0 Å². The summed E-state index contributed by atoms with van der Waals surface area (Å²) in [5, 5.41) is 3.42. The molecule has 3 nitrogen and oxygen atoms in total. The fraction of sp³-hybridized carbons (Fsp3) is 1.00. The van der Waals surface area contributed by atoms with Crippen molar-refractivity contribution in [3.8, 4) is 0 Å². The predicted molar refractivity (Wildman–Crippen MR) is 37.0 cm³/mol. The molecule has 1 aliphatic carbocycles. The van der Waals surface area contributed by atoms with Crippen molar-refractivity contribution >= 4 is 0 Å². The zero-order valence-electron chi connectivity index (χ0n) is 6.22. The molecule has 0 aromatic carbocycles. The van der Waals surface area contributed by atoms with E-state index in [1.807, 2.05) is 0 Å². The summed E-state index contributed by atoms with van der Waals surface area (Å²) in [6.07, 6.45) is 1.51. The van der Waals surface area contributed by atoms with Gasteiger partial charge in [-0.15, -0.1) is 0 Å². The average Bonchev–Trinajstić information content (AvgIpc) is 2.65. The van der Waals surface area contributed by atoms with Crippen molar-refractivity contribution in [3.05, 3.63) is 0 Å². The van der Waals surface area contributed by atoms with Gasteiger partial charge >= 0.3 is 0 Å². The minimum Gasteiger partial charge on any atom is -0.379 e. The van der Waals surface area contributed by atoms with Gasteiger partial charge in [-0.1, -0.05) is 0 Å². The summed E-state index contributed by atoms with van der Waals surface area (Å²) in [5.41, 5.74) is 0.201. The second-order valence-electron chi connectivity index (χ2n) is 3.06. The first-order valence-corrected chi connectivity index (χ1v) is 3.73. The molecule has 0 aromatic heterocycles. The summed E-state index contributed by atoms with van der Waals surface area (Å²) < 4.78 is 10.5. The van der Waals surface area contributed by atoms with E-state index in [0.717, 1.165) is 26.2 Å². The molecule has 1 saturated heterocycles. The fourth-order valence-corrected chi connectivity index (χ4v) is 1.60. The van der Waals surface area contributed by atoms with Crippen LogP contribution in [-0.2, 0) is 9.47 Å². The Morgan fingerprint density at radius 1 is 1.70 bits per heavy atom. The lowest BCUT2D eigenvalue weighted by Gasteiger charge is -2.23. The Hall–Kier alpha value is -0.120. The molecule has 1 aliphatic heterocycles. The van der Waals surface area contributed by atoms with Crippen LogP contribution in [0.2, 0.25) is 0 Å². The van der Waals surface area contributed by atoms with Gasteiger partial charge in [0.2, 0.25) is 0 Å². The van der Waals surface area contributed by atoms with Crippen LogP contribution in [0, 0.1) is 0 Å². The minimum absolute atomic E-state index is 0.201. The second-order valence-corrected chi connectivity index (χ2v) is 3.06. The molecule has 2 fully saturated rings. The van der Waals surface area contributed by atoms with Crippen molar-refractivity contribution in [2.75, 3.05) is 26.9 Å². The van der Waals surface area contributed by atoms with E-state index in [2.05, 4.69) is 5.32 Å². The highest BCUT2D eigenvalue weighted by molar-refractivity contribution is 5.13. The van der Waals surface area contributed by atoms with E-state index in [1.54, 1.807) is 7.11 Å². The van der Waals surface area contributed by atoms with Gasteiger partial charge in [-0.2, -0.15) is 0 Å². The fourth-order valence-electron chi connectivity index (χ4n) is 1.60. The summed E-state index contributed by atoms with van der Waals surface area (Å²) in [6, 6.07) is 0. The number of methoxy groups -OCH3 is 1. The number of hydrogen-bond acceptors (Lipinski definition) is 3. The Kier molecular flexibility index (Phi) is 1.44. The summed E-state index contributed by atoms with van der Waals surface area (Å²) in [7, 11) is 1.76. The van der Waals surface area contributed by atoms with Crippen molar-refractivity contribution in [1.29, 1.82) is 0 Å². The quantitative estimate of drug-likeness (QED) is 0.549. The van der Waals surface area contributed by atoms with Crippen LogP contribution < -0.4 is 5.32 Å². The van der Waals surface area contributed by atoms with Gasteiger partial charge in [-0.25, -0.2) is 0 Å². The van der Waals surface area contributed by atoms with Gasteiger partial charge in [0.1, 0.15) is 0 Å².